The lowest BCUT2D eigenvalue weighted by atomic mass is 9.93. The van der Waals surface area contributed by atoms with Crippen molar-refractivity contribution >= 4 is 39.3 Å². The normalized spacial score (nSPS) is 14.8. The Hall–Kier alpha value is -3.05. The van der Waals surface area contributed by atoms with Gasteiger partial charge in [-0.1, -0.05) is 23.7 Å². The van der Waals surface area contributed by atoms with Gasteiger partial charge in [0.05, 0.1) is 18.7 Å². The van der Waals surface area contributed by atoms with E-state index in [0.717, 1.165) is 47.8 Å². The number of carboxylic acids is 1. The number of aromatic carboxylic acids is 1. The van der Waals surface area contributed by atoms with Crippen molar-refractivity contribution in [1.82, 2.24) is 19.4 Å². The smallest absolute Gasteiger partial charge is 0.346 e. The molecular formula is C27H28ClFN4O4S. The first-order chi connectivity index (χ1) is 18.4. The summed E-state index contributed by atoms with van der Waals surface area (Å²) >= 11 is 7.03. The molecule has 4 aromatic rings. The summed E-state index contributed by atoms with van der Waals surface area (Å²) in [6, 6.07) is 12.0. The van der Waals surface area contributed by atoms with E-state index in [1.807, 2.05) is 12.1 Å². The van der Waals surface area contributed by atoms with Crippen molar-refractivity contribution in [1.29, 1.82) is 0 Å². The molecule has 1 aliphatic heterocycles. The quantitative estimate of drug-likeness (QED) is 0.271. The molecule has 0 amide bonds. The third-order valence-electron chi connectivity index (χ3n) is 6.76. The first-order valence-electron chi connectivity index (χ1n) is 12.4. The minimum Gasteiger partial charge on any atom is -0.477 e. The van der Waals surface area contributed by atoms with Crippen LogP contribution in [0.15, 0.2) is 42.5 Å². The number of piperidine rings is 1. The Balaban J connectivity index is 1.21. The lowest BCUT2D eigenvalue weighted by Crippen LogP contribution is -2.33. The van der Waals surface area contributed by atoms with E-state index in [1.165, 1.54) is 17.4 Å². The van der Waals surface area contributed by atoms with Gasteiger partial charge in [0.15, 0.2) is 0 Å². The summed E-state index contributed by atoms with van der Waals surface area (Å²) in [4.78, 5) is 24.3. The maximum Gasteiger partial charge on any atom is 0.346 e. The third-order valence-corrected chi connectivity index (χ3v) is 8.00. The molecule has 4 heterocycles. The number of hydrogen-bond acceptors (Lipinski definition) is 7. The predicted molar refractivity (Wildman–Crippen MR) is 144 cm³/mol. The second-order valence-corrected chi connectivity index (χ2v) is 10.7. The topological polar surface area (TPSA) is 89.7 Å². The van der Waals surface area contributed by atoms with E-state index in [4.69, 9.17) is 31.0 Å². The molecule has 1 N–H and O–H groups in total. The van der Waals surface area contributed by atoms with E-state index in [0.29, 0.717) is 42.1 Å². The van der Waals surface area contributed by atoms with Gasteiger partial charge in [-0.3, -0.25) is 4.90 Å². The predicted octanol–water partition coefficient (Wildman–Crippen LogP) is 5.59. The van der Waals surface area contributed by atoms with Crippen molar-refractivity contribution < 1.29 is 23.8 Å². The minimum atomic E-state index is -0.935. The first kappa shape index (κ1) is 26.6. The van der Waals surface area contributed by atoms with Gasteiger partial charge in [0.25, 0.3) is 0 Å². The van der Waals surface area contributed by atoms with E-state index in [2.05, 4.69) is 9.47 Å². The molecule has 1 fully saturated rings. The number of aromatic nitrogens is 3. The summed E-state index contributed by atoms with van der Waals surface area (Å²) in [5.41, 5.74) is 2.24. The second-order valence-electron chi connectivity index (χ2n) is 9.25. The monoisotopic (exact) mass is 558 g/mol. The molecule has 38 heavy (non-hydrogen) atoms. The molecule has 1 aliphatic rings. The molecule has 5 rings (SSSR count). The standard InChI is InChI=1S/C27H28ClFN4O4S/c1-36-12-11-33-22-14-23(27(34)35)38-26(22)31-24(33)15-32-9-7-17(8-10-32)21-3-2-4-25(30-21)37-16-18-5-6-19(28)13-20(18)29/h2-6,13-14,17H,7-12,15-16H2,1H3,(H,34,35). The maximum absolute atomic E-state index is 14.1. The third kappa shape index (κ3) is 5.99. The highest BCUT2D eigenvalue weighted by Gasteiger charge is 2.24. The molecular weight excluding hydrogens is 531 g/mol. The Labute approximate surface area is 228 Å². The number of thiophene rings is 1. The van der Waals surface area contributed by atoms with Crippen LogP contribution in [0.3, 0.4) is 0 Å². The lowest BCUT2D eigenvalue weighted by Gasteiger charge is -2.31. The fourth-order valence-electron chi connectivity index (χ4n) is 4.74. The molecule has 0 unspecified atom stereocenters. The molecule has 200 valence electrons. The van der Waals surface area contributed by atoms with Gasteiger partial charge in [-0.15, -0.1) is 11.3 Å². The van der Waals surface area contributed by atoms with E-state index in [-0.39, 0.29) is 11.5 Å². The molecule has 0 spiro atoms. The number of ether oxygens (including phenoxy) is 2. The van der Waals surface area contributed by atoms with Crippen molar-refractivity contribution in [3.05, 3.63) is 75.3 Å². The Kier molecular flexibility index (Phi) is 8.23. The number of carbonyl (C=O) groups is 1. The maximum atomic E-state index is 14.1. The Morgan fingerprint density at radius 2 is 2.03 bits per heavy atom. The number of rotatable bonds is 10. The summed E-state index contributed by atoms with van der Waals surface area (Å²) in [5, 5.41) is 9.70. The molecule has 0 atom stereocenters. The van der Waals surface area contributed by atoms with Gasteiger partial charge < -0.3 is 19.1 Å². The van der Waals surface area contributed by atoms with Gasteiger partial charge in [0.1, 0.15) is 28.0 Å². The number of nitrogens with zero attached hydrogens (tertiary/aromatic N) is 4. The molecule has 0 aliphatic carbocycles. The molecule has 8 nitrogen and oxygen atoms in total. The zero-order chi connectivity index (χ0) is 26.6. The van der Waals surface area contributed by atoms with E-state index < -0.39 is 11.8 Å². The van der Waals surface area contributed by atoms with E-state index in [1.54, 1.807) is 31.4 Å². The number of imidazole rings is 1. The highest BCUT2D eigenvalue weighted by atomic mass is 35.5. The zero-order valence-electron chi connectivity index (χ0n) is 20.9. The molecule has 0 saturated carbocycles. The van der Waals surface area contributed by atoms with E-state index in [9.17, 15) is 14.3 Å². The molecule has 0 radical (unpaired) electrons. The number of halogens is 2. The van der Waals surface area contributed by atoms with Crippen molar-refractivity contribution in [3.8, 4) is 5.88 Å². The number of fused-ring (bicyclic) bond motifs is 1. The van der Waals surface area contributed by atoms with Crippen LogP contribution in [-0.4, -0.2) is 57.3 Å². The van der Waals surface area contributed by atoms with Gasteiger partial charge in [0.2, 0.25) is 5.88 Å². The van der Waals surface area contributed by atoms with Crippen LogP contribution in [0.5, 0.6) is 5.88 Å². The molecule has 1 saturated heterocycles. The lowest BCUT2D eigenvalue weighted by molar-refractivity contribution is 0.0702. The largest absolute Gasteiger partial charge is 0.477 e. The first-order valence-corrected chi connectivity index (χ1v) is 13.6. The van der Waals surface area contributed by atoms with Crippen LogP contribution < -0.4 is 4.74 Å². The average molecular weight is 559 g/mol. The number of benzene rings is 1. The average Bonchev–Trinajstić information content (AvgIpc) is 3.46. The molecule has 11 heteroatoms. The number of pyridine rings is 1. The number of likely N-dealkylation sites (tertiary alicyclic amines) is 1. The second kappa shape index (κ2) is 11.8. The van der Waals surface area contributed by atoms with Crippen molar-refractivity contribution in [2.75, 3.05) is 26.8 Å². The van der Waals surface area contributed by atoms with Crippen LogP contribution in [-0.2, 0) is 24.4 Å². The minimum absolute atomic E-state index is 0.0824. The zero-order valence-corrected chi connectivity index (χ0v) is 22.5. The van der Waals surface area contributed by atoms with Crippen LogP contribution in [0.4, 0.5) is 4.39 Å². The Bertz CT molecular complexity index is 1430. The summed E-state index contributed by atoms with van der Waals surface area (Å²) < 4.78 is 27.2. The van der Waals surface area contributed by atoms with Crippen molar-refractivity contribution in [3.63, 3.8) is 0 Å². The highest BCUT2D eigenvalue weighted by molar-refractivity contribution is 7.20. The van der Waals surface area contributed by atoms with Crippen LogP contribution in [0.1, 0.15) is 45.5 Å². The molecule has 3 aromatic heterocycles. The van der Waals surface area contributed by atoms with Crippen molar-refractivity contribution in [2.45, 2.75) is 38.5 Å². The summed E-state index contributed by atoms with van der Waals surface area (Å²) in [7, 11) is 1.65. The molecule has 0 bridgehead atoms. The van der Waals surface area contributed by atoms with Crippen LogP contribution in [0.25, 0.3) is 10.3 Å². The number of carboxylic acid groups (broad SMARTS) is 1. The summed E-state index contributed by atoms with van der Waals surface area (Å²) in [6.07, 6.45) is 1.89. The van der Waals surface area contributed by atoms with Crippen molar-refractivity contribution in [2.24, 2.45) is 0 Å². The number of methoxy groups -OCH3 is 1. The van der Waals surface area contributed by atoms with Crippen LogP contribution in [0, 0.1) is 5.82 Å². The highest BCUT2D eigenvalue weighted by Crippen LogP contribution is 2.31. The van der Waals surface area contributed by atoms with Gasteiger partial charge >= 0.3 is 5.97 Å². The fourth-order valence-corrected chi connectivity index (χ4v) is 5.79. The number of hydrogen-bond donors (Lipinski definition) is 1. The van der Waals surface area contributed by atoms with Gasteiger partial charge in [-0.25, -0.2) is 19.2 Å². The SMILES string of the molecule is COCCn1c(CN2CCC(c3cccc(OCc4ccc(Cl)cc4F)n3)CC2)nc2sc(C(=O)O)cc21. The summed E-state index contributed by atoms with van der Waals surface area (Å²) in [5.74, 6) is 0.361. The summed E-state index contributed by atoms with van der Waals surface area (Å²) in [6.45, 7) is 3.68. The van der Waals surface area contributed by atoms with Gasteiger partial charge in [-0.2, -0.15) is 0 Å². The van der Waals surface area contributed by atoms with E-state index >= 15 is 0 Å². The Morgan fingerprint density at radius 3 is 2.76 bits per heavy atom. The fraction of sp³-hybridized carbons (Fsp3) is 0.370. The van der Waals surface area contributed by atoms with Gasteiger partial charge in [0, 0.05) is 41.9 Å². The van der Waals surface area contributed by atoms with Crippen LogP contribution >= 0.6 is 22.9 Å². The van der Waals surface area contributed by atoms with Crippen LogP contribution in [0.2, 0.25) is 5.02 Å². The van der Waals surface area contributed by atoms with Gasteiger partial charge in [-0.05, 0) is 50.2 Å². The molecule has 1 aromatic carbocycles. The Morgan fingerprint density at radius 1 is 1.21 bits per heavy atom.